The van der Waals surface area contributed by atoms with Crippen molar-refractivity contribution in [1.82, 2.24) is 15.1 Å². The van der Waals surface area contributed by atoms with Crippen molar-refractivity contribution < 1.29 is 9.90 Å². The number of amides is 1. The molecule has 0 aliphatic rings. The molecule has 0 saturated carbocycles. The zero-order valence-corrected chi connectivity index (χ0v) is 12.7. The lowest BCUT2D eigenvalue weighted by Crippen LogP contribution is -2.32. The Morgan fingerprint density at radius 3 is 3.05 bits per heavy atom. The monoisotopic (exact) mass is 337 g/mol. The Labute approximate surface area is 125 Å². The van der Waals surface area contributed by atoms with Crippen LogP contribution >= 0.6 is 15.9 Å². The predicted octanol–water partition coefficient (Wildman–Crippen LogP) is 2.14. The van der Waals surface area contributed by atoms with Crippen molar-refractivity contribution in [2.45, 2.75) is 19.4 Å². The summed E-state index contributed by atoms with van der Waals surface area (Å²) in [6, 6.07) is 7.60. The van der Waals surface area contributed by atoms with Crippen LogP contribution in [0.2, 0.25) is 0 Å². The highest BCUT2D eigenvalue weighted by Crippen LogP contribution is 2.15. The van der Waals surface area contributed by atoms with E-state index in [-0.39, 0.29) is 18.6 Å². The zero-order valence-electron chi connectivity index (χ0n) is 11.1. The van der Waals surface area contributed by atoms with Gasteiger partial charge in [-0.2, -0.15) is 5.10 Å². The van der Waals surface area contributed by atoms with Gasteiger partial charge >= 0.3 is 0 Å². The second kappa shape index (κ2) is 6.67. The van der Waals surface area contributed by atoms with Crippen LogP contribution in [0.4, 0.5) is 0 Å². The van der Waals surface area contributed by atoms with E-state index in [0.717, 1.165) is 10.2 Å². The van der Waals surface area contributed by atoms with E-state index in [2.05, 4.69) is 26.3 Å². The summed E-state index contributed by atoms with van der Waals surface area (Å²) in [5.74, 6) is -0.188. The lowest BCUT2D eigenvalue weighted by molar-refractivity contribution is 0.0934. The third kappa shape index (κ3) is 3.68. The Bertz CT molecular complexity index is 598. The average Bonchev–Trinajstić information content (AvgIpc) is 2.88. The highest BCUT2D eigenvalue weighted by Gasteiger charge is 2.12. The van der Waals surface area contributed by atoms with Gasteiger partial charge in [-0.15, -0.1) is 0 Å². The van der Waals surface area contributed by atoms with E-state index in [4.69, 9.17) is 5.11 Å². The van der Waals surface area contributed by atoms with Gasteiger partial charge in [-0.3, -0.25) is 4.79 Å². The molecule has 0 saturated heterocycles. The number of carbonyl (C=O) groups is 1. The molecule has 1 amide bonds. The minimum absolute atomic E-state index is 0.0543. The van der Waals surface area contributed by atoms with Gasteiger partial charge in [-0.1, -0.05) is 22.0 Å². The van der Waals surface area contributed by atoms with Crippen LogP contribution in [0.5, 0.6) is 0 Å². The summed E-state index contributed by atoms with van der Waals surface area (Å²) in [5, 5.41) is 15.8. The molecule has 1 aromatic heterocycles. The standard InChI is InChI=1S/C14H16BrN3O2/c1-10(5-6-19)17-14(20)11-8-16-18(9-11)13-4-2-3-12(15)7-13/h2-4,7-10,19H,5-6H2,1H3,(H,17,20). The highest BCUT2D eigenvalue weighted by atomic mass is 79.9. The number of carbonyl (C=O) groups excluding carboxylic acids is 1. The number of hydrogen-bond donors (Lipinski definition) is 2. The summed E-state index contributed by atoms with van der Waals surface area (Å²) in [7, 11) is 0. The maximum absolute atomic E-state index is 12.0. The van der Waals surface area contributed by atoms with Crippen molar-refractivity contribution in [1.29, 1.82) is 0 Å². The molecule has 0 spiro atoms. The van der Waals surface area contributed by atoms with E-state index in [0.29, 0.717) is 12.0 Å². The summed E-state index contributed by atoms with van der Waals surface area (Å²) < 4.78 is 2.60. The molecule has 2 N–H and O–H groups in total. The second-order valence-electron chi connectivity index (χ2n) is 4.54. The molecule has 1 unspecified atom stereocenters. The number of nitrogens with one attached hydrogen (secondary N) is 1. The number of aromatic nitrogens is 2. The largest absolute Gasteiger partial charge is 0.396 e. The molecule has 0 radical (unpaired) electrons. The fourth-order valence-corrected chi connectivity index (χ4v) is 2.16. The fraction of sp³-hybridized carbons (Fsp3) is 0.286. The van der Waals surface area contributed by atoms with E-state index in [1.54, 1.807) is 10.9 Å². The number of aliphatic hydroxyl groups excluding tert-OH is 1. The fourth-order valence-electron chi connectivity index (χ4n) is 1.77. The summed E-state index contributed by atoms with van der Waals surface area (Å²) in [5.41, 5.74) is 1.37. The van der Waals surface area contributed by atoms with E-state index in [1.807, 2.05) is 31.2 Å². The number of nitrogens with zero attached hydrogens (tertiary/aromatic N) is 2. The second-order valence-corrected chi connectivity index (χ2v) is 5.46. The molecule has 0 aliphatic heterocycles. The first-order valence-corrected chi connectivity index (χ1v) is 7.12. The van der Waals surface area contributed by atoms with Gasteiger partial charge in [-0.25, -0.2) is 4.68 Å². The van der Waals surface area contributed by atoms with Gasteiger partial charge in [0.15, 0.2) is 0 Å². The molecule has 2 rings (SSSR count). The maximum atomic E-state index is 12.0. The number of hydrogen-bond acceptors (Lipinski definition) is 3. The predicted molar refractivity (Wildman–Crippen MR) is 79.9 cm³/mol. The van der Waals surface area contributed by atoms with Crippen LogP contribution in [0.15, 0.2) is 41.1 Å². The normalized spacial score (nSPS) is 12.2. The van der Waals surface area contributed by atoms with Crippen LogP contribution in [0.1, 0.15) is 23.7 Å². The lowest BCUT2D eigenvalue weighted by Gasteiger charge is -2.10. The third-order valence-corrected chi connectivity index (χ3v) is 3.35. The molecule has 6 heteroatoms. The molecular formula is C14H16BrN3O2. The molecule has 1 heterocycles. The summed E-state index contributed by atoms with van der Waals surface area (Å²) >= 11 is 3.40. The topological polar surface area (TPSA) is 67.2 Å². The average molecular weight is 338 g/mol. The molecule has 2 aromatic rings. The van der Waals surface area contributed by atoms with Gasteiger partial charge in [0.25, 0.3) is 5.91 Å². The summed E-state index contributed by atoms with van der Waals surface area (Å²) in [6.07, 6.45) is 3.75. The molecule has 0 fully saturated rings. The Balaban J connectivity index is 2.11. The van der Waals surface area contributed by atoms with Gasteiger partial charge in [0.05, 0.1) is 17.4 Å². The molecule has 5 nitrogen and oxygen atoms in total. The van der Waals surface area contributed by atoms with Crippen molar-refractivity contribution in [3.8, 4) is 5.69 Å². The highest BCUT2D eigenvalue weighted by molar-refractivity contribution is 9.10. The molecule has 20 heavy (non-hydrogen) atoms. The summed E-state index contributed by atoms with van der Waals surface area (Å²) in [4.78, 5) is 12.0. The molecule has 106 valence electrons. The Kier molecular flexibility index (Phi) is 4.92. The zero-order chi connectivity index (χ0) is 14.5. The van der Waals surface area contributed by atoms with Gasteiger partial charge in [0.2, 0.25) is 0 Å². The van der Waals surface area contributed by atoms with Crippen molar-refractivity contribution in [2.24, 2.45) is 0 Å². The maximum Gasteiger partial charge on any atom is 0.254 e. The van der Waals surface area contributed by atoms with Crippen molar-refractivity contribution in [2.75, 3.05) is 6.61 Å². The van der Waals surface area contributed by atoms with Gasteiger partial charge < -0.3 is 10.4 Å². The van der Waals surface area contributed by atoms with Gasteiger partial charge in [0, 0.05) is 23.3 Å². The lowest BCUT2D eigenvalue weighted by atomic mass is 10.2. The van der Waals surface area contributed by atoms with E-state index >= 15 is 0 Å². The first kappa shape index (κ1) is 14.7. The SMILES string of the molecule is CC(CCO)NC(=O)c1cnn(-c2cccc(Br)c2)c1. The van der Waals surface area contributed by atoms with Crippen LogP contribution in [0.25, 0.3) is 5.69 Å². The van der Waals surface area contributed by atoms with Crippen molar-refractivity contribution in [3.05, 3.63) is 46.7 Å². The van der Waals surface area contributed by atoms with Crippen LogP contribution in [0.3, 0.4) is 0 Å². The number of rotatable bonds is 5. The third-order valence-electron chi connectivity index (χ3n) is 2.86. The van der Waals surface area contributed by atoms with E-state index in [1.165, 1.54) is 6.20 Å². The van der Waals surface area contributed by atoms with Crippen molar-refractivity contribution in [3.63, 3.8) is 0 Å². The van der Waals surface area contributed by atoms with Crippen molar-refractivity contribution >= 4 is 21.8 Å². The number of aliphatic hydroxyl groups is 1. The first-order valence-electron chi connectivity index (χ1n) is 6.32. The molecule has 1 aromatic carbocycles. The van der Waals surface area contributed by atoms with Crippen LogP contribution in [-0.4, -0.2) is 33.4 Å². The minimum Gasteiger partial charge on any atom is -0.396 e. The van der Waals surface area contributed by atoms with E-state index < -0.39 is 0 Å². The quantitative estimate of drug-likeness (QED) is 0.878. The summed E-state index contributed by atoms with van der Waals surface area (Å²) in [6.45, 7) is 1.91. The minimum atomic E-state index is -0.188. The molecule has 0 bridgehead atoms. The number of halogens is 1. The molecule has 1 atom stereocenters. The Morgan fingerprint density at radius 2 is 2.35 bits per heavy atom. The van der Waals surface area contributed by atoms with Gasteiger partial charge in [0.1, 0.15) is 0 Å². The molecule has 0 aliphatic carbocycles. The van der Waals surface area contributed by atoms with Crippen LogP contribution < -0.4 is 5.32 Å². The molecular weight excluding hydrogens is 322 g/mol. The van der Waals surface area contributed by atoms with Gasteiger partial charge in [-0.05, 0) is 31.5 Å². The number of benzene rings is 1. The van der Waals surface area contributed by atoms with E-state index in [9.17, 15) is 4.79 Å². The Morgan fingerprint density at radius 1 is 1.55 bits per heavy atom. The van der Waals surface area contributed by atoms with Crippen LogP contribution in [-0.2, 0) is 0 Å². The first-order chi connectivity index (χ1) is 9.60. The smallest absolute Gasteiger partial charge is 0.254 e. The van der Waals surface area contributed by atoms with Crippen LogP contribution in [0, 0.1) is 0 Å². The Hall–Kier alpha value is -1.66.